The minimum Gasteiger partial charge on any atom is -0.487 e. The summed E-state index contributed by atoms with van der Waals surface area (Å²) in [6, 6.07) is 9.40. The van der Waals surface area contributed by atoms with E-state index in [1.165, 1.54) is 12.1 Å². The highest BCUT2D eigenvalue weighted by atomic mass is 19.1. The van der Waals surface area contributed by atoms with Gasteiger partial charge in [0.1, 0.15) is 47.5 Å². The third-order valence-electron chi connectivity index (χ3n) is 5.55. The second-order valence-corrected chi connectivity index (χ2v) is 7.64. The van der Waals surface area contributed by atoms with Crippen molar-refractivity contribution in [2.75, 3.05) is 13.2 Å². The van der Waals surface area contributed by atoms with Crippen molar-refractivity contribution in [3.63, 3.8) is 0 Å². The van der Waals surface area contributed by atoms with Crippen LogP contribution in [0.25, 0.3) is 0 Å². The van der Waals surface area contributed by atoms with E-state index in [-0.39, 0.29) is 36.1 Å². The number of fused-ring (bicyclic) bond motifs is 2. The normalized spacial score (nSPS) is 29.2. The molecule has 0 saturated carbocycles. The Bertz CT molecular complexity index is 792. The Balaban J connectivity index is 0.000000122. The van der Waals surface area contributed by atoms with Crippen LogP contribution in [0.1, 0.15) is 24.0 Å². The van der Waals surface area contributed by atoms with Crippen molar-refractivity contribution < 1.29 is 27.7 Å². The zero-order valence-electron chi connectivity index (χ0n) is 15.4. The predicted molar refractivity (Wildman–Crippen MR) is 97.8 cm³/mol. The smallest absolute Gasteiger partial charge is 0.127 e. The molecule has 148 valence electrons. The van der Waals surface area contributed by atoms with E-state index in [2.05, 4.69) is 0 Å². The number of aryl methyl sites for hydroxylation is 2. The zero-order chi connectivity index (χ0) is 19.1. The fourth-order valence-corrected chi connectivity index (χ4v) is 3.82. The molecule has 4 heterocycles. The van der Waals surface area contributed by atoms with Crippen LogP contribution in [0.5, 0.6) is 11.5 Å². The Morgan fingerprint density at radius 2 is 1.07 bits per heavy atom. The lowest BCUT2D eigenvalue weighted by molar-refractivity contribution is 0.136. The highest BCUT2D eigenvalue weighted by Crippen LogP contribution is 2.33. The summed E-state index contributed by atoms with van der Waals surface area (Å²) in [4.78, 5) is 0. The number of halogens is 2. The van der Waals surface area contributed by atoms with Gasteiger partial charge in [0, 0.05) is 0 Å². The van der Waals surface area contributed by atoms with Crippen LogP contribution in [0.15, 0.2) is 36.4 Å². The number of hydrogen-bond acceptors (Lipinski definition) is 4. The lowest BCUT2D eigenvalue weighted by Crippen LogP contribution is -2.27. The second-order valence-electron chi connectivity index (χ2n) is 7.64. The summed E-state index contributed by atoms with van der Waals surface area (Å²) in [5.41, 5.74) is 1.95. The topological polar surface area (TPSA) is 43.5 Å². The quantitative estimate of drug-likeness (QED) is 0.734. The van der Waals surface area contributed by atoms with Crippen LogP contribution in [0, 0.1) is 11.6 Å². The van der Waals surface area contributed by atoms with Gasteiger partial charge in [0.25, 0.3) is 0 Å². The molecule has 6 heteroatoms. The summed E-state index contributed by atoms with van der Waals surface area (Å²) in [7, 11) is 0. The molecule has 2 aromatic rings. The van der Waals surface area contributed by atoms with E-state index >= 15 is 0 Å². The van der Waals surface area contributed by atoms with E-state index < -0.39 is 0 Å². The van der Waals surface area contributed by atoms with E-state index in [9.17, 15) is 8.78 Å². The fourth-order valence-electron chi connectivity index (χ4n) is 3.82. The maximum atomic E-state index is 12.9. The molecule has 0 aliphatic carbocycles. The van der Waals surface area contributed by atoms with Gasteiger partial charge in [-0.25, -0.2) is 8.78 Å². The maximum absolute atomic E-state index is 12.9. The van der Waals surface area contributed by atoms with Crippen molar-refractivity contribution >= 4 is 0 Å². The molecule has 0 amide bonds. The van der Waals surface area contributed by atoms with Gasteiger partial charge < -0.3 is 18.9 Å². The predicted octanol–water partition coefficient (Wildman–Crippen LogP) is 3.84. The number of epoxide rings is 2. The molecule has 0 spiro atoms. The number of ether oxygens (including phenoxy) is 4. The maximum Gasteiger partial charge on any atom is 0.127 e. The summed E-state index contributed by atoms with van der Waals surface area (Å²) < 4.78 is 47.6. The molecule has 0 N–H and O–H groups in total. The molecule has 0 bridgehead atoms. The van der Waals surface area contributed by atoms with Crippen molar-refractivity contribution in [3.05, 3.63) is 59.2 Å². The van der Waals surface area contributed by atoms with Gasteiger partial charge in [-0.2, -0.15) is 0 Å². The Morgan fingerprint density at radius 1 is 0.643 bits per heavy atom. The van der Waals surface area contributed by atoms with Crippen molar-refractivity contribution in [1.82, 2.24) is 0 Å². The Kier molecular flexibility index (Phi) is 4.69. The first-order chi connectivity index (χ1) is 13.7. The van der Waals surface area contributed by atoms with Gasteiger partial charge in [-0.1, -0.05) is 0 Å². The van der Waals surface area contributed by atoms with E-state index in [1.807, 2.05) is 0 Å². The van der Waals surface area contributed by atoms with Crippen LogP contribution in [0.3, 0.4) is 0 Å². The van der Waals surface area contributed by atoms with Crippen molar-refractivity contribution in [2.24, 2.45) is 0 Å². The average Bonchev–Trinajstić information content (AvgIpc) is 3.60. The average molecular weight is 388 g/mol. The van der Waals surface area contributed by atoms with E-state index in [1.54, 1.807) is 24.3 Å². The van der Waals surface area contributed by atoms with Crippen LogP contribution >= 0.6 is 0 Å². The Hall–Kier alpha value is -2.18. The number of rotatable bonds is 2. The Morgan fingerprint density at radius 3 is 1.46 bits per heavy atom. The lowest BCUT2D eigenvalue weighted by Gasteiger charge is -2.24. The molecular weight excluding hydrogens is 366 g/mol. The molecule has 0 aromatic heterocycles. The SMILES string of the molecule is Fc1ccc2c(c1)CC[C@@H]([C@H]1CO1)O2.Fc1ccc2c(c1)CC[C@H]([C@@H]1CO1)O2. The van der Waals surface area contributed by atoms with E-state index in [0.717, 1.165) is 61.5 Å². The van der Waals surface area contributed by atoms with E-state index in [0.29, 0.717) is 0 Å². The van der Waals surface area contributed by atoms with Crippen molar-refractivity contribution in [2.45, 2.75) is 50.1 Å². The van der Waals surface area contributed by atoms with Gasteiger partial charge in [0.05, 0.1) is 13.2 Å². The van der Waals surface area contributed by atoms with Gasteiger partial charge in [0.15, 0.2) is 0 Å². The second kappa shape index (κ2) is 7.33. The number of benzene rings is 2. The highest BCUT2D eigenvalue weighted by molar-refractivity contribution is 5.37. The largest absolute Gasteiger partial charge is 0.487 e. The van der Waals surface area contributed by atoms with Crippen LogP contribution in [0.2, 0.25) is 0 Å². The van der Waals surface area contributed by atoms with Crippen LogP contribution in [-0.2, 0) is 22.3 Å². The third kappa shape index (κ3) is 3.98. The standard InChI is InChI=1S/2C11H11FO2/c2*12-8-2-4-9-7(5-8)1-3-10(14-9)11-6-13-11/h2*2,4-5,10-11H,1,3,6H2/t2*10-,11+/m10/s1. The molecule has 6 rings (SSSR count). The fraction of sp³-hybridized carbons (Fsp3) is 0.455. The molecule has 0 radical (unpaired) electrons. The molecule has 4 nitrogen and oxygen atoms in total. The zero-order valence-corrected chi connectivity index (χ0v) is 15.4. The molecule has 0 unspecified atom stereocenters. The van der Waals surface area contributed by atoms with Crippen LogP contribution in [0.4, 0.5) is 8.78 Å². The Labute approximate surface area is 162 Å². The van der Waals surface area contributed by atoms with Gasteiger partial charge in [0.2, 0.25) is 0 Å². The molecular formula is C22H22F2O4. The lowest BCUT2D eigenvalue weighted by atomic mass is 10.0. The monoisotopic (exact) mass is 388 g/mol. The molecule has 28 heavy (non-hydrogen) atoms. The first-order valence-electron chi connectivity index (χ1n) is 9.79. The minimum absolute atomic E-state index is 0.174. The summed E-state index contributed by atoms with van der Waals surface area (Å²) in [5, 5.41) is 0. The minimum atomic E-state index is -0.187. The van der Waals surface area contributed by atoms with Crippen LogP contribution < -0.4 is 9.47 Å². The van der Waals surface area contributed by atoms with Gasteiger partial charge in [-0.15, -0.1) is 0 Å². The van der Waals surface area contributed by atoms with Crippen molar-refractivity contribution in [1.29, 1.82) is 0 Å². The van der Waals surface area contributed by atoms with Crippen molar-refractivity contribution in [3.8, 4) is 11.5 Å². The van der Waals surface area contributed by atoms with Gasteiger partial charge in [-0.3, -0.25) is 0 Å². The molecule has 4 aliphatic rings. The summed E-state index contributed by atoms with van der Waals surface area (Å²) >= 11 is 0. The first-order valence-corrected chi connectivity index (χ1v) is 9.79. The van der Waals surface area contributed by atoms with Crippen LogP contribution in [-0.4, -0.2) is 37.6 Å². The van der Waals surface area contributed by atoms with Gasteiger partial charge in [-0.05, 0) is 73.2 Å². The summed E-state index contributed by atoms with van der Waals surface area (Å²) in [6.45, 7) is 1.61. The van der Waals surface area contributed by atoms with Gasteiger partial charge >= 0.3 is 0 Å². The number of hydrogen-bond donors (Lipinski definition) is 0. The molecule has 2 saturated heterocycles. The molecule has 4 atom stereocenters. The first kappa shape index (κ1) is 17.9. The summed E-state index contributed by atoms with van der Waals surface area (Å²) in [5.74, 6) is 1.26. The molecule has 2 fully saturated rings. The highest BCUT2D eigenvalue weighted by Gasteiger charge is 2.37. The van der Waals surface area contributed by atoms with E-state index in [4.69, 9.17) is 18.9 Å². The third-order valence-corrected chi connectivity index (χ3v) is 5.55. The molecule has 2 aromatic carbocycles. The molecule has 4 aliphatic heterocycles. The summed E-state index contributed by atoms with van der Waals surface area (Å²) in [6.07, 6.45) is 4.53.